The lowest BCUT2D eigenvalue weighted by Gasteiger charge is -2.15. The van der Waals surface area contributed by atoms with Crippen LogP contribution < -0.4 is 5.32 Å². The average molecular weight is 325 g/mol. The van der Waals surface area contributed by atoms with Gasteiger partial charge in [-0.15, -0.1) is 11.3 Å². The lowest BCUT2D eigenvalue weighted by Crippen LogP contribution is -2.22. The quantitative estimate of drug-likeness (QED) is 0.879. The minimum Gasteiger partial charge on any atom is -0.319 e. The average Bonchev–Trinajstić information content (AvgIpc) is 2.85. The molecule has 0 aliphatic heterocycles. The van der Waals surface area contributed by atoms with Crippen molar-refractivity contribution in [3.05, 3.63) is 50.9 Å². The monoisotopic (exact) mass is 324 g/mol. The van der Waals surface area contributed by atoms with Crippen molar-refractivity contribution in [3.63, 3.8) is 0 Å². The van der Waals surface area contributed by atoms with Gasteiger partial charge < -0.3 is 5.32 Å². The number of nitrogens with zero attached hydrogens (tertiary/aromatic N) is 1. The van der Waals surface area contributed by atoms with Gasteiger partial charge in [-0.25, -0.2) is 4.98 Å². The predicted octanol–water partition coefficient (Wildman–Crippen LogP) is 3.53. The van der Waals surface area contributed by atoms with Gasteiger partial charge in [0, 0.05) is 22.5 Å². The van der Waals surface area contributed by atoms with Gasteiger partial charge in [-0.3, -0.25) is 0 Å². The van der Waals surface area contributed by atoms with E-state index in [0.29, 0.717) is 5.92 Å². The zero-order valence-corrected chi connectivity index (χ0v) is 12.8. The van der Waals surface area contributed by atoms with Gasteiger partial charge >= 0.3 is 0 Å². The second kappa shape index (κ2) is 7.02. The van der Waals surface area contributed by atoms with Crippen LogP contribution in [-0.4, -0.2) is 18.6 Å². The van der Waals surface area contributed by atoms with Crippen LogP contribution in [0.5, 0.6) is 0 Å². The molecule has 0 saturated carbocycles. The first-order valence-corrected chi connectivity index (χ1v) is 7.72. The van der Waals surface area contributed by atoms with Crippen molar-refractivity contribution in [1.29, 1.82) is 0 Å². The largest absolute Gasteiger partial charge is 0.319 e. The van der Waals surface area contributed by atoms with E-state index in [4.69, 9.17) is 0 Å². The molecule has 1 aromatic heterocycles. The van der Waals surface area contributed by atoms with Crippen molar-refractivity contribution < 1.29 is 0 Å². The molecule has 0 amide bonds. The highest BCUT2D eigenvalue weighted by atomic mass is 79.9. The molecule has 0 fully saturated rings. The van der Waals surface area contributed by atoms with Crippen LogP contribution in [0, 0.1) is 5.92 Å². The molecular formula is C14H17BrN2S. The van der Waals surface area contributed by atoms with Gasteiger partial charge in [0.1, 0.15) is 0 Å². The predicted molar refractivity (Wildman–Crippen MR) is 81.1 cm³/mol. The first-order chi connectivity index (χ1) is 8.78. The molecule has 2 rings (SSSR count). The molecule has 2 nitrogen and oxygen atoms in total. The molecule has 1 atom stereocenters. The lowest BCUT2D eigenvalue weighted by molar-refractivity contribution is 0.492. The van der Waals surface area contributed by atoms with Crippen molar-refractivity contribution >= 4 is 27.3 Å². The number of benzene rings is 1. The summed E-state index contributed by atoms with van der Waals surface area (Å²) < 4.78 is 1.14. The molecule has 0 spiro atoms. The van der Waals surface area contributed by atoms with Crippen LogP contribution >= 0.6 is 27.3 Å². The summed E-state index contributed by atoms with van der Waals surface area (Å²) in [4.78, 5) is 4.38. The van der Waals surface area contributed by atoms with Crippen LogP contribution in [0.3, 0.4) is 0 Å². The van der Waals surface area contributed by atoms with Gasteiger partial charge in [0.05, 0.1) is 5.01 Å². The Kier molecular flexibility index (Phi) is 5.35. The molecule has 1 heterocycles. The molecule has 0 aliphatic carbocycles. The fraction of sp³-hybridized carbons (Fsp3) is 0.357. The molecule has 0 radical (unpaired) electrons. The highest BCUT2D eigenvalue weighted by Crippen LogP contribution is 2.18. The van der Waals surface area contributed by atoms with Crippen LogP contribution in [0.1, 0.15) is 10.6 Å². The number of rotatable bonds is 6. The Bertz CT molecular complexity index is 453. The Morgan fingerprint density at radius 3 is 2.67 bits per heavy atom. The summed E-state index contributed by atoms with van der Waals surface area (Å²) in [6.45, 7) is 1.02. The summed E-state index contributed by atoms with van der Waals surface area (Å²) in [5.74, 6) is 0.599. The molecule has 0 aliphatic rings. The maximum atomic E-state index is 4.38. The fourth-order valence-electron chi connectivity index (χ4n) is 2.06. The topological polar surface area (TPSA) is 24.9 Å². The van der Waals surface area contributed by atoms with Crippen molar-refractivity contribution in [2.45, 2.75) is 12.8 Å². The van der Waals surface area contributed by atoms with E-state index in [1.54, 1.807) is 11.3 Å². The van der Waals surface area contributed by atoms with Gasteiger partial charge in [0.25, 0.3) is 0 Å². The summed E-state index contributed by atoms with van der Waals surface area (Å²) in [7, 11) is 2.01. The van der Waals surface area contributed by atoms with Crippen LogP contribution in [0.2, 0.25) is 0 Å². The van der Waals surface area contributed by atoms with Gasteiger partial charge in [0.2, 0.25) is 0 Å². The molecule has 96 valence electrons. The normalized spacial score (nSPS) is 12.6. The number of nitrogens with one attached hydrogen (secondary N) is 1. The van der Waals surface area contributed by atoms with Crippen LogP contribution in [0.25, 0.3) is 0 Å². The van der Waals surface area contributed by atoms with E-state index >= 15 is 0 Å². The number of halogens is 1. The highest BCUT2D eigenvalue weighted by Gasteiger charge is 2.11. The summed E-state index contributed by atoms with van der Waals surface area (Å²) in [5.41, 5.74) is 1.38. The maximum absolute atomic E-state index is 4.38. The van der Waals surface area contributed by atoms with E-state index in [2.05, 4.69) is 50.5 Å². The minimum absolute atomic E-state index is 0.599. The molecule has 0 bridgehead atoms. The Balaban J connectivity index is 1.99. The number of aromatic nitrogens is 1. The number of thiazole rings is 1. The number of hydrogen-bond acceptors (Lipinski definition) is 3. The highest BCUT2D eigenvalue weighted by molar-refractivity contribution is 9.10. The maximum Gasteiger partial charge on any atom is 0.0928 e. The fourth-order valence-corrected chi connectivity index (χ4v) is 3.06. The zero-order chi connectivity index (χ0) is 12.8. The van der Waals surface area contributed by atoms with E-state index in [1.807, 2.05) is 18.6 Å². The van der Waals surface area contributed by atoms with Crippen molar-refractivity contribution in [3.8, 4) is 0 Å². The molecule has 4 heteroatoms. The molecular weight excluding hydrogens is 308 g/mol. The van der Waals surface area contributed by atoms with Crippen LogP contribution in [0.4, 0.5) is 0 Å². The summed E-state index contributed by atoms with van der Waals surface area (Å²) in [5, 5.41) is 6.56. The van der Waals surface area contributed by atoms with Crippen molar-refractivity contribution in [2.75, 3.05) is 13.6 Å². The Hall–Kier alpha value is -0.710. The standard InChI is InChI=1S/C14H17BrN2S/c1-16-10-12(9-14-17-6-7-18-14)8-11-2-4-13(15)5-3-11/h2-7,12,16H,8-10H2,1H3. The summed E-state index contributed by atoms with van der Waals surface area (Å²) in [6, 6.07) is 8.59. The lowest BCUT2D eigenvalue weighted by atomic mass is 9.96. The Morgan fingerprint density at radius 1 is 1.28 bits per heavy atom. The molecule has 1 unspecified atom stereocenters. The van der Waals surface area contributed by atoms with E-state index in [1.165, 1.54) is 10.6 Å². The van der Waals surface area contributed by atoms with Crippen LogP contribution in [0.15, 0.2) is 40.3 Å². The van der Waals surface area contributed by atoms with E-state index in [0.717, 1.165) is 23.9 Å². The molecule has 1 aromatic carbocycles. The SMILES string of the molecule is CNCC(Cc1ccc(Br)cc1)Cc1nccs1. The summed E-state index contributed by atoms with van der Waals surface area (Å²) >= 11 is 5.21. The van der Waals surface area contributed by atoms with Crippen molar-refractivity contribution in [2.24, 2.45) is 5.92 Å². The first kappa shape index (κ1) is 13.7. The summed E-state index contributed by atoms with van der Waals surface area (Å²) in [6.07, 6.45) is 4.03. The van der Waals surface area contributed by atoms with Crippen LogP contribution in [-0.2, 0) is 12.8 Å². The van der Waals surface area contributed by atoms with Crippen molar-refractivity contribution in [1.82, 2.24) is 10.3 Å². The minimum atomic E-state index is 0.599. The third kappa shape index (κ3) is 4.19. The van der Waals surface area contributed by atoms with E-state index < -0.39 is 0 Å². The molecule has 0 saturated heterocycles. The molecule has 2 aromatic rings. The van der Waals surface area contributed by atoms with E-state index in [9.17, 15) is 0 Å². The molecule has 18 heavy (non-hydrogen) atoms. The second-order valence-corrected chi connectivity index (χ2v) is 6.28. The Morgan fingerprint density at radius 2 is 2.06 bits per heavy atom. The number of hydrogen-bond donors (Lipinski definition) is 1. The van der Waals surface area contributed by atoms with Gasteiger partial charge in [-0.05, 0) is 43.6 Å². The smallest absolute Gasteiger partial charge is 0.0928 e. The van der Waals surface area contributed by atoms with Gasteiger partial charge in [-0.2, -0.15) is 0 Å². The third-order valence-electron chi connectivity index (χ3n) is 2.88. The van der Waals surface area contributed by atoms with Gasteiger partial charge in [-0.1, -0.05) is 28.1 Å². The first-order valence-electron chi connectivity index (χ1n) is 6.05. The Labute approximate surface area is 121 Å². The van der Waals surface area contributed by atoms with E-state index in [-0.39, 0.29) is 0 Å². The zero-order valence-electron chi connectivity index (χ0n) is 10.4. The van der Waals surface area contributed by atoms with Gasteiger partial charge in [0.15, 0.2) is 0 Å². The molecule has 1 N–H and O–H groups in total. The second-order valence-electron chi connectivity index (χ2n) is 4.38. The third-order valence-corrected chi connectivity index (χ3v) is 4.21.